The first-order chi connectivity index (χ1) is 11.7. The summed E-state index contributed by atoms with van der Waals surface area (Å²) in [5.41, 5.74) is 3.32. The van der Waals surface area contributed by atoms with Crippen molar-refractivity contribution in [3.63, 3.8) is 0 Å². The number of amides is 1. The van der Waals surface area contributed by atoms with Gasteiger partial charge in [-0.05, 0) is 44.0 Å². The quantitative estimate of drug-likeness (QED) is 0.837. The summed E-state index contributed by atoms with van der Waals surface area (Å²) >= 11 is 0. The molecule has 1 aromatic heterocycles. The molecule has 1 atom stereocenters. The Hall–Kier alpha value is -1.62. The number of hydrogen-bond acceptors (Lipinski definition) is 3. The number of halogens is 2. The number of nitrogens with zero attached hydrogens (tertiary/aromatic N) is 2. The Labute approximate surface area is 168 Å². The number of aromatic nitrogens is 1. The molecular formula is C20H27Cl2N3O. The average molecular weight is 396 g/mol. The van der Waals surface area contributed by atoms with Crippen LogP contribution >= 0.6 is 24.8 Å². The van der Waals surface area contributed by atoms with E-state index in [1.807, 2.05) is 23.1 Å². The van der Waals surface area contributed by atoms with Gasteiger partial charge in [0.1, 0.15) is 0 Å². The number of aryl methyl sites for hydroxylation is 1. The number of carbonyl (C=O) groups excluding carboxylic acids is 1. The van der Waals surface area contributed by atoms with Gasteiger partial charge in [-0.25, -0.2) is 0 Å². The van der Waals surface area contributed by atoms with E-state index in [2.05, 4.69) is 41.5 Å². The number of rotatable bonds is 5. The smallest absolute Gasteiger partial charge is 0.227 e. The van der Waals surface area contributed by atoms with Crippen molar-refractivity contribution < 1.29 is 4.79 Å². The van der Waals surface area contributed by atoms with Gasteiger partial charge in [0.2, 0.25) is 5.91 Å². The van der Waals surface area contributed by atoms with E-state index in [9.17, 15) is 4.79 Å². The molecule has 0 bridgehead atoms. The molecular weight excluding hydrogens is 369 g/mol. The largest absolute Gasteiger partial charge is 0.332 e. The molecule has 1 aliphatic rings. The number of carbonyl (C=O) groups is 1. The first-order valence-electron chi connectivity index (χ1n) is 8.67. The first-order valence-corrected chi connectivity index (χ1v) is 8.67. The second kappa shape index (κ2) is 11.2. The monoisotopic (exact) mass is 395 g/mol. The van der Waals surface area contributed by atoms with Gasteiger partial charge in [-0.3, -0.25) is 9.78 Å². The molecule has 1 amide bonds. The van der Waals surface area contributed by atoms with Crippen molar-refractivity contribution in [1.29, 1.82) is 0 Å². The third-order valence-corrected chi connectivity index (χ3v) is 4.49. The van der Waals surface area contributed by atoms with Gasteiger partial charge in [-0.1, -0.05) is 35.9 Å². The van der Waals surface area contributed by atoms with Crippen LogP contribution in [0.1, 0.15) is 29.7 Å². The van der Waals surface area contributed by atoms with Gasteiger partial charge < -0.3 is 10.2 Å². The van der Waals surface area contributed by atoms with Gasteiger partial charge in [0, 0.05) is 19.3 Å². The van der Waals surface area contributed by atoms with E-state index in [1.165, 1.54) is 11.1 Å². The van der Waals surface area contributed by atoms with Crippen LogP contribution in [0.25, 0.3) is 0 Å². The molecule has 0 saturated carbocycles. The summed E-state index contributed by atoms with van der Waals surface area (Å²) in [5.74, 6) is 0.307. The zero-order valence-corrected chi connectivity index (χ0v) is 16.7. The number of benzene rings is 1. The van der Waals surface area contributed by atoms with Crippen molar-refractivity contribution in [2.45, 2.75) is 32.9 Å². The summed E-state index contributed by atoms with van der Waals surface area (Å²) in [6.45, 7) is 5.07. The lowest BCUT2D eigenvalue weighted by Crippen LogP contribution is -2.42. The number of pyridine rings is 1. The second-order valence-corrected chi connectivity index (χ2v) is 6.55. The summed E-state index contributed by atoms with van der Waals surface area (Å²) in [4.78, 5) is 19.4. The maximum absolute atomic E-state index is 13.1. The van der Waals surface area contributed by atoms with E-state index < -0.39 is 0 Å². The van der Waals surface area contributed by atoms with Crippen LogP contribution in [0.15, 0.2) is 48.7 Å². The highest BCUT2D eigenvalue weighted by Crippen LogP contribution is 2.18. The molecule has 0 spiro atoms. The molecule has 1 saturated heterocycles. The Balaban J connectivity index is 0.00000169. The average Bonchev–Trinajstić information content (AvgIpc) is 2.62. The Bertz CT molecular complexity index is 676. The molecule has 2 heterocycles. The normalized spacial score (nSPS) is 16.1. The molecule has 2 aromatic rings. The fourth-order valence-corrected chi connectivity index (χ4v) is 3.25. The maximum Gasteiger partial charge on any atom is 0.227 e. The summed E-state index contributed by atoms with van der Waals surface area (Å²) < 4.78 is 0. The molecule has 4 nitrogen and oxygen atoms in total. The standard InChI is InChI=1S/C20H25N3O.2ClH/c1-16-6-4-7-17(12-16)14-23(15-19-9-2-3-11-22-19)20(24)18-8-5-10-21-13-18;;/h2-4,6-7,9,11-12,18,21H,5,8,10,13-15H2,1H3;2*1H. The van der Waals surface area contributed by atoms with Crippen LogP contribution in [0.5, 0.6) is 0 Å². The lowest BCUT2D eigenvalue weighted by atomic mass is 9.97. The molecule has 3 rings (SSSR count). The topological polar surface area (TPSA) is 45.2 Å². The molecule has 0 aliphatic carbocycles. The molecule has 1 N–H and O–H groups in total. The van der Waals surface area contributed by atoms with E-state index in [0.717, 1.165) is 31.6 Å². The summed E-state index contributed by atoms with van der Waals surface area (Å²) in [6.07, 6.45) is 3.82. The van der Waals surface area contributed by atoms with Crippen molar-refractivity contribution >= 4 is 30.7 Å². The van der Waals surface area contributed by atoms with Crippen LogP contribution in [0.4, 0.5) is 0 Å². The van der Waals surface area contributed by atoms with E-state index in [1.54, 1.807) is 6.20 Å². The SMILES string of the molecule is Cc1cccc(CN(Cc2ccccn2)C(=O)C2CCCNC2)c1.Cl.Cl. The minimum Gasteiger partial charge on any atom is -0.332 e. The third-order valence-electron chi connectivity index (χ3n) is 4.49. The lowest BCUT2D eigenvalue weighted by molar-refractivity contribution is -0.137. The Morgan fingerprint density at radius 3 is 2.69 bits per heavy atom. The molecule has 1 aromatic carbocycles. The molecule has 1 unspecified atom stereocenters. The Morgan fingerprint density at radius 1 is 1.19 bits per heavy atom. The van der Waals surface area contributed by atoms with Crippen LogP contribution in [0.3, 0.4) is 0 Å². The second-order valence-electron chi connectivity index (χ2n) is 6.55. The fourth-order valence-electron chi connectivity index (χ4n) is 3.25. The van der Waals surface area contributed by atoms with E-state index in [0.29, 0.717) is 13.1 Å². The predicted octanol–water partition coefficient (Wildman–Crippen LogP) is 3.76. The lowest BCUT2D eigenvalue weighted by Gasteiger charge is -2.29. The minimum absolute atomic E-state index is 0. The maximum atomic E-state index is 13.1. The highest BCUT2D eigenvalue weighted by Gasteiger charge is 2.26. The summed E-state index contributed by atoms with van der Waals surface area (Å²) in [5, 5.41) is 3.34. The van der Waals surface area contributed by atoms with Crippen LogP contribution < -0.4 is 5.32 Å². The summed E-state index contributed by atoms with van der Waals surface area (Å²) in [7, 11) is 0. The van der Waals surface area contributed by atoms with Gasteiger partial charge >= 0.3 is 0 Å². The van der Waals surface area contributed by atoms with Crippen molar-refractivity contribution in [1.82, 2.24) is 15.2 Å². The zero-order valence-electron chi connectivity index (χ0n) is 15.1. The molecule has 142 valence electrons. The molecule has 0 radical (unpaired) electrons. The number of hydrogen-bond donors (Lipinski definition) is 1. The molecule has 1 fully saturated rings. The predicted molar refractivity (Wildman–Crippen MR) is 110 cm³/mol. The molecule has 6 heteroatoms. The van der Waals surface area contributed by atoms with Crippen LogP contribution in [0.2, 0.25) is 0 Å². The number of piperidine rings is 1. The number of nitrogens with one attached hydrogen (secondary N) is 1. The van der Waals surface area contributed by atoms with Gasteiger partial charge in [-0.15, -0.1) is 24.8 Å². The Morgan fingerprint density at radius 2 is 2.04 bits per heavy atom. The fraction of sp³-hybridized carbons (Fsp3) is 0.400. The highest BCUT2D eigenvalue weighted by atomic mass is 35.5. The minimum atomic E-state index is 0. The van der Waals surface area contributed by atoms with E-state index >= 15 is 0 Å². The van der Waals surface area contributed by atoms with Crippen LogP contribution in [0, 0.1) is 12.8 Å². The third kappa shape index (κ3) is 6.27. The first kappa shape index (κ1) is 22.4. The van der Waals surface area contributed by atoms with Gasteiger partial charge in [-0.2, -0.15) is 0 Å². The van der Waals surface area contributed by atoms with Crippen LogP contribution in [-0.2, 0) is 17.9 Å². The highest BCUT2D eigenvalue weighted by molar-refractivity contribution is 5.85. The van der Waals surface area contributed by atoms with Crippen molar-refractivity contribution in [2.75, 3.05) is 13.1 Å². The van der Waals surface area contributed by atoms with Gasteiger partial charge in [0.15, 0.2) is 0 Å². The molecule has 26 heavy (non-hydrogen) atoms. The van der Waals surface area contributed by atoms with Crippen molar-refractivity contribution in [3.05, 3.63) is 65.5 Å². The van der Waals surface area contributed by atoms with Crippen molar-refractivity contribution in [3.8, 4) is 0 Å². The van der Waals surface area contributed by atoms with Crippen molar-refractivity contribution in [2.24, 2.45) is 5.92 Å². The van der Waals surface area contributed by atoms with Gasteiger partial charge in [0.05, 0.1) is 18.2 Å². The van der Waals surface area contributed by atoms with E-state index in [4.69, 9.17) is 0 Å². The van der Waals surface area contributed by atoms with Crippen LogP contribution in [-0.4, -0.2) is 28.9 Å². The van der Waals surface area contributed by atoms with E-state index in [-0.39, 0.29) is 36.6 Å². The summed E-state index contributed by atoms with van der Waals surface area (Å²) in [6, 6.07) is 14.2. The van der Waals surface area contributed by atoms with Gasteiger partial charge in [0.25, 0.3) is 0 Å². The zero-order chi connectivity index (χ0) is 16.8. The molecule has 1 aliphatic heterocycles. The Kier molecular flexibility index (Phi) is 9.63.